The first-order valence-corrected chi connectivity index (χ1v) is 6.66. The highest BCUT2D eigenvalue weighted by atomic mass is 35.5. The molecule has 0 bridgehead atoms. The van der Waals surface area contributed by atoms with Gasteiger partial charge in [0, 0.05) is 23.2 Å². The number of rotatable bonds is 3. The Morgan fingerprint density at radius 1 is 1.44 bits per heavy atom. The molecule has 0 unspecified atom stereocenters. The van der Waals surface area contributed by atoms with Gasteiger partial charge < -0.3 is 11.1 Å². The summed E-state index contributed by atoms with van der Waals surface area (Å²) in [4.78, 5) is 16.0. The van der Waals surface area contributed by atoms with Crippen LogP contribution in [0.15, 0.2) is 18.3 Å². The van der Waals surface area contributed by atoms with Gasteiger partial charge in [-0.25, -0.2) is 4.98 Å². The highest BCUT2D eigenvalue weighted by Gasteiger charge is 2.30. The fraction of sp³-hybridized carbons (Fsp3) is 0.538. The molecule has 1 heterocycles. The number of pyridine rings is 1. The molecular formula is C13H18ClN3O. The Morgan fingerprint density at radius 2 is 2.17 bits per heavy atom. The molecule has 1 amide bonds. The van der Waals surface area contributed by atoms with Gasteiger partial charge in [-0.15, -0.1) is 0 Å². The number of nitrogens with zero attached hydrogens (tertiary/aromatic N) is 1. The lowest BCUT2D eigenvalue weighted by Gasteiger charge is -2.32. The maximum atomic E-state index is 11.9. The Labute approximate surface area is 112 Å². The van der Waals surface area contributed by atoms with Crippen molar-refractivity contribution in [1.29, 1.82) is 0 Å². The molecule has 4 nitrogen and oxygen atoms in total. The third-order valence-corrected chi connectivity index (χ3v) is 3.59. The highest BCUT2D eigenvalue weighted by Crippen LogP contribution is 2.28. The molecule has 1 aromatic rings. The van der Waals surface area contributed by atoms with Gasteiger partial charge in [-0.3, -0.25) is 4.79 Å². The van der Waals surface area contributed by atoms with Crippen LogP contribution >= 0.6 is 11.6 Å². The second-order valence-corrected chi connectivity index (χ2v) is 5.44. The number of anilines is 1. The predicted octanol–water partition coefficient (Wildman–Crippen LogP) is 2.73. The molecule has 0 saturated heterocycles. The fourth-order valence-electron chi connectivity index (χ4n) is 2.41. The van der Waals surface area contributed by atoms with Crippen LogP contribution in [0, 0.1) is 0 Å². The van der Waals surface area contributed by atoms with Crippen LogP contribution in [0.1, 0.15) is 38.5 Å². The van der Waals surface area contributed by atoms with E-state index in [1.54, 1.807) is 18.3 Å². The summed E-state index contributed by atoms with van der Waals surface area (Å²) in [6.45, 7) is 0. The lowest BCUT2D eigenvalue weighted by molar-refractivity contribution is -0.117. The van der Waals surface area contributed by atoms with Crippen LogP contribution in [0.3, 0.4) is 0 Å². The number of nitrogens with two attached hydrogens (primary N) is 1. The van der Waals surface area contributed by atoms with Crippen LogP contribution < -0.4 is 11.1 Å². The Balaban J connectivity index is 1.92. The molecule has 2 rings (SSSR count). The second kappa shape index (κ2) is 5.67. The summed E-state index contributed by atoms with van der Waals surface area (Å²) in [6.07, 6.45) is 7.19. The molecule has 5 heteroatoms. The first-order valence-electron chi connectivity index (χ1n) is 6.28. The van der Waals surface area contributed by atoms with Gasteiger partial charge >= 0.3 is 0 Å². The van der Waals surface area contributed by atoms with Crippen molar-refractivity contribution in [2.24, 2.45) is 5.73 Å². The van der Waals surface area contributed by atoms with E-state index in [0.29, 0.717) is 17.3 Å². The quantitative estimate of drug-likeness (QED) is 0.885. The Kier molecular flexibility index (Phi) is 4.19. The van der Waals surface area contributed by atoms with Gasteiger partial charge in [-0.2, -0.15) is 0 Å². The molecule has 1 aliphatic carbocycles. The zero-order valence-corrected chi connectivity index (χ0v) is 11.0. The first kappa shape index (κ1) is 13.3. The van der Waals surface area contributed by atoms with E-state index in [1.807, 2.05) is 0 Å². The molecule has 0 radical (unpaired) electrons. The zero-order chi connectivity index (χ0) is 13.0. The van der Waals surface area contributed by atoms with Gasteiger partial charge in [0.25, 0.3) is 0 Å². The van der Waals surface area contributed by atoms with Crippen molar-refractivity contribution in [3.8, 4) is 0 Å². The van der Waals surface area contributed by atoms with Gasteiger partial charge in [0.05, 0.1) is 0 Å². The summed E-state index contributed by atoms with van der Waals surface area (Å²) in [6, 6.07) is 3.30. The highest BCUT2D eigenvalue weighted by molar-refractivity contribution is 6.30. The first-order chi connectivity index (χ1) is 8.57. The number of halogens is 1. The topological polar surface area (TPSA) is 68.0 Å². The van der Waals surface area contributed by atoms with Crippen LogP contribution in [0.5, 0.6) is 0 Å². The third kappa shape index (κ3) is 3.68. The average molecular weight is 268 g/mol. The number of nitrogens with one attached hydrogen (secondary N) is 1. The van der Waals surface area contributed by atoms with Crippen molar-refractivity contribution in [3.05, 3.63) is 23.4 Å². The van der Waals surface area contributed by atoms with Crippen LogP contribution in [0.2, 0.25) is 5.02 Å². The van der Waals surface area contributed by atoms with E-state index in [4.69, 9.17) is 17.3 Å². The number of amides is 1. The molecule has 0 spiro atoms. The fourth-order valence-corrected chi connectivity index (χ4v) is 2.57. The molecule has 1 saturated carbocycles. The maximum Gasteiger partial charge on any atom is 0.227 e. The van der Waals surface area contributed by atoms with Gasteiger partial charge in [0.15, 0.2) is 0 Å². The SMILES string of the molecule is NC1(CC(=O)Nc2cc(Cl)ccn2)CCCCC1. The summed E-state index contributed by atoms with van der Waals surface area (Å²) < 4.78 is 0. The number of aromatic nitrogens is 1. The van der Waals surface area contributed by atoms with Crippen LogP contribution in [-0.2, 0) is 4.79 Å². The predicted molar refractivity (Wildman–Crippen MR) is 72.5 cm³/mol. The van der Waals surface area contributed by atoms with E-state index in [2.05, 4.69) is 10.3 Å². The van der Waals surface area contributed by atoms with E-state index >= 15 is 0 Å². The summed E-state index contributed by atoms with van der Waals surface area (Å²) in [5, 5.41) is 3.30. The minimum Gasteiger partial charge on any atom is -0.325 e. The minimum absolute atomic E-state index is 0.0887. The summed E-state index contributed by atoms with van der Waals surface area (Å²) in [7, 11) is 0. The van der Waals surface area contributed by atoms with Gasteiger partial charge in [0.2, 0.25) is 5.91 Å². The lowest BCUT2D eigenvalue weighted by atomic mass is 9.80. The van der Waals surface area contributed by atoms with Crippen molar-refractivity contribution in [3.63, 3.8) is 0 Å². The van der Waals surface area contributed by atoms with E-state index in [1.165, 1.54) is 6.42 Å². The summed E-state index contributed by atoms with van der Waals surface area (Å²) in [5.41, 5.74) is 5.89. The lowest BCUT2D eigenvalue weighted by Crippen LogP contribution is -2.44. The molecule has 1 aromatic heterocycles. The normalized spacial score (nSPS) is 18.3. The molecule has 1 aliphatic rings. The Hall–Kier alpha value is -1.13. The molecule has 18 heavy (non-hydrogen) atoms. The number of hydrogen-bond donors (Lipinski definition) is 2. The van der Waals surface area contributed by atoms with Crippen molar-refractivity contribution in [2.45, 2.75) is 44.1 Å². The van der Waals surface area contributed by atoms with Crippen molar-refractivity contribution in [1.82, 2.24) is 4.98 Å². The van der Waals surface area contributed by atoms with Gasteiger partial charge in [-0.05, 0) is 25.0 Å². The second-order valence-electron chi connectivity index (χ2n) is 5.01. The molecule has 0 aromatic carbocycles. The largest absolute Gasteiger partial charge is 0.325 e. The number of carbonyl (C=O) groups is 1. The van der Waals surface area contributed by atoms with Crippen LogP contribution in [-0.4, -0.2) is 16.4 Å². The van der Waals surface area contributed by atoms with Gasteiger partial charge in [0.1, 0.15) is 5.82 Å². The number of carbonyl (C=O) groups excluding carboxylic acids is 1. The molecule has 0 atom stereocenters. The van der Waals surface area contributed by atoms with E-state index in [-0.39, 0.29) is 11.4 Å². The molecule has 1 fully saturated rings. The molecular weight excluding hydrogens is 250 g/mol. The van der Waals surface area contributed by atoms with Crippen molar-refractivity contribution in [2.75, 3.05) is 5.32 Å². The molecule has 0 aliphatic heterocycles. The van der Waals surface area contributed by atoms with Crippen LogP contribution in [0.4, 0.5) is 5.82 Å². The minimum atomic E-state index is -0.346. The van der Waals surface area contributed by atoms with Crippen LogP contribution in [0.25, 0.3) is 0 Å². The van der Waals surface area contributed by atoms with E-state index in [9.17, 15) is 4.79 Å². The zero-order valence-electron chi connectivity index (χ0n) is 10.3. The molecule has 98 valence electrons. The average Bonchev–Trinajstić information content (AvgIpc) is 2.28. The maximum absolute atomic E-state index is 11.9. The smallest absolute Gasteiger partial charge is 0.227 e. The van der Waals surface area contributed by atoms with Gasteiger partial charge in [-0.1, -0.05) is 30.9 Å². The Morgan fingerprint density at radius 3 is 2.83 bits per heavy atom. The standard InChI is InChI=1S/C13H18ClN3O/c14-10-4-7-16-11(8-10)17-12(18)9-13(15)5-2-1-3-6-13/h4,7-8H,1-3,5-6,9,15H2,(H,16,17,18). The van der Waals surface area contributed by atoms with E-state index in [0.717, 1.165) is 25.7 Å². The summed E-state index contributed by atoms with van der Waals surface area (Å²) >= 11 is 5.83. The van der Waals surface area contributed by atoms with E-state index < -0.39 is 0 Å². The third-order valence-electron chi connectivity index (χ3n) is 3.35. The molecule has 3 N–H and O–H groups in total. The Bertz CT molecular complexity index is 430. The summed E-state index contributed by atoms with van der Waals surface area (Å²) in [5.74, 6) is 0.390. The van der Waals surface area contributed by atoms with Crippen molar-refractivity contribution < 1.29 is 4.79 Å². The number of hydrogen-bond acceptors (Lipinski definition) is 3. The van der Waals surface area contributed by atoms with Crippen molar-refractivity contribution >= 4 is 23.3 Å². The monoisotopic (exact) mass is 267 g/mol.